The summed E-state index contributed by atoms with van der Waals surface area (Å²) < 4.78 is 18.4. The molecule has 0 radical (unpaired) electrons. The molecule has 6 heteroatoms. The Kier molecular flexibility index (Phi) is 5.26. The lowest BCUT2D eigenvalue weighted by Crippen LogP contribution is -1.98. The number of methoxy groups -OCH3 is 1. The normalized spacial score (nSPS) is 11.0. The van der Waals surface area contributed by atoms with Crippen molar-refractivity contribution in [3.05, 3.63) is 76.7 Å². The van der Waals surface area contributed by atoms with Crippen LogP contribution in [-0.2, 0) is 11.2 Å². The van der Waals surface area contributed by atoms with Gasteiger partial charge in [0.25, 0.3) is 0 Å². The van der Waals surface area contributed by atoms with Crippen LogP contribution in [0.1, 0.15) is 27.0 Å². The molecular formula is C21H16FNO4. The number of pyridine rings is 1. The summed E-state index contributed by atoms with van der Waals surface area (Å²) in [6.45, 7) is 0. The van der Waals surface area contributed by atoms with Gasteiger partial charge in [0.2, 0.25) is 0 Å². The van der Waals surface area contributed by atoms with Gasteiger partial charge in [0, 0.05) is 17.7 Å². The van der Waals surface area contributed by atoms with Crippen LogP contribution in [0.15, 0.2) is 48.7 Å². The molecule has 0 atom stereocenters. The highest BCUT2D eigenvalue weighted by atomic mass is 19.1. The van der Waals surface area contributed by atoms with Gasteiger partial charge in [-0.3, -0.25) is 9.78 Å². The molecule has 0 unspecified atom stereocenters. The van der Waals surface area contributed by atoms with Crippen LogP contribution in [0.25, 0.3) is 17.0 Å². The Morgan fingerprint density at radius 2 is 1.93 bits per heavy atom. The Balaban J connectivity index is 2.14. The number of benzene rings is 2. The van der Waals surface area contributed by atoms with Gasteiger partial charge in [-0.2, -0.15) is 0 Å². The van der Waals surface area contributed by atoms with E-state index in [-0.39, 0.29) is 11.4 Å². The lowest BCUT2D eigenvalue weighted by Gasteiger charge is -2.12. The van der Waals surface area contributed by atoms with Crippen LogP contribution in [0.2, 0.25) is 0 Å². The molecule has 0 fully saturated rings. The van der Waals surface area contributed by atoms with Crippen molar-refractivity contribution in [1.29, 1.82) is 0 Å². The second-order valence-corrected chi connectivity index (χ2v) is 5.92. The monoisotopic (exact) mass is 365 g/mol. The quantitative estimate of drug-likeness (QED) is 0.530. The number of aromatic nitrogens is 1. The summed E-state index contributed by atoms with van der Waals surface area (Å²) in [4.78, 5) is 26.7. The number of halogens is 1. The van der Waals surface area contributed by atoms with Gasteiger partial charge in [-0.15, -0.1) is 0 Å². The Bertz CT molecular complexity index is 1040. The number of carboxylic acid groups (broad SMARTS) is 1. The highest BCUT2D eigenvalue weighted by Crippen LogP contribution is 2.32. The summed E-state index contributed by atoms with van der Waals surface area (Å²) in [6.07, 6.45) is 5.25. The van der Waals surface area contributed by atoms with E-state index in [0.717, 1.165) is 17.2 Å². The summed E-state index contributed by atoms with van der Waals surface area (Å²) >= 11 is 0. The summed E-state index contributed by atoms with van der Waals surface area (Å²) in [5, 5.41) is 9.58. The lowest BCUT2D eigenvalue weighted by molar-refractivity contribution is -0.131. The van der Waals surface area contributed by atoms with Crippen molar-refractivity contribution in [2.24, 2.45) is 0 Å². The number of carbonyl (C=O) groups excluding carboxylic acids is 1. The van der Waals surface area contributed by atoms with Crippen molar-refractivity contribution in [2.45, 2.75) is 6.42 Å². The van der Waals surface area contributed by atoms with Gasteiger partial charge in [-0.1, -0.05) is 12.1 Å². The van der Waals surface area contributed by atoms with Crippen LogP contribution in [0, 0.1) is 5.82 Å². The van der Waals surface area contributed by atoms with Crippen LogP contribution in [0.4, 0.5) is 4.39 Å². The van der Waals surface area contributed by atoms with Crippen molar-refractivity contribution in [3.8, 4) is 5.75 Å². The molecule has 0 aliphatic carbocycles. The zero-order valence-corrected chi connectivity index (χ0v) is 14.5. The number of aliphatic carboxylic acids is 1. The van der Waals surface area contributed by atoms with E-state index in [0.29, 0.717) is 34.9 Å². The number of carboxylic acids is 1. The predicted octanol–water partition coefficient (Wildman–Crippen LogP) is 3.88. The third kappa shape index (κ3) is 4.00. The maximum absolute atomic E-state index is 13.1. The van der Waals surface area contributed by atoms with Gasteiger partial charge in [0.05, 0.1) is 12.7 Å². The number of fused-ring (bicyclic) bond motifs is 1. The molecule has 27 heavy (non-hydrogen) atoms. The zero-order chi connectivity index (χ0) is 19.4. The van der Waals surface area contributed by atoms with Crippen LogP contribution in [0.5, 0.6) is 5.75 Å². The van der Waals surface area contributed by atoms with Crippen LogP contribution in [-0.4, -0.2) is 29.5 Å². The molecule has 0 saturated heterocycles. The fourth-order valence-corrected chi connectivity index (χ4v) is 2.89. The Labute approximate surface area is 154 Å². The molecule has 0 spiro atoms. The number of hydrogen-bond donors (Lipinski definition) is 1. The van der Waals surface area contributed by atoms with E-state index in [2.05, 4.69) is 4.98 Å². The average Bonchev–Trinajstić information content (AvgIpc) is 2.67. The fourth-order valence-electron chi connectivity index (χ4n) is 2.89. The molecule has 2 aromatic carbocycles. The van der Waals surface area contributed by atoms with Gasteiger partial charge >= 0.3 is 5.97 Å². The van der Waals surface area contributed by atoms with Crippen molar-refractivity contribution < 1.29 is 23.8 Å². The van der Waals surface area contributed by atoms with Crippen molar-refractivity contribution in [1.82, 2.24) is 4.98 Å². The molecular weight excluding hydrogens is 349 g/mol. The zero-order valence-electron chi connectivity index (χ0n) is 14.5. The number of nitrogens with zero attached hydrogens (tertiary/aromatic N) is 1. The number of hydrogen-bond acceptors (Lipinski definition) is 4. The number of ether oxygens (including phenoxy) is 1. The molecule has 0 saturated carbocycles. The third-order valence-electron chi connectivity index (χ3n) is 4.10. The van der Waals surface area contributed by atoms with E-state index in [1.54, 1.807) is 24.4 Å². The van der Waals surface area contributed by atoms with Gasteiger partial charge < -0.3 is 9.84 Å². The molecule has 0 aliphatic heterocycles. The minimum absolute atomic E-state index is 0.286. The minimum atomic E-state index is -1.10. The third-order valence-corrected chi connectivity index (χ3v) is 4.10. The number of carbonyl (C=O) groups is 2. The molecule has 3 aromatic rings. The molecule has 0 aliphatic rings. The van der Waals surface area contributed by atoms with E-state index < -0.39 is 5.97 Å². The molecule has 1 heterocycles. The van der Waals surface area contributed by atoms with Crippen molar-refractivity contribution in [3.63, 3.8) is 0 Å². The molecule has 1 N–H and O–H groups in total. The molecule has 3 rings (SSSR count). The molecule has 0 amide bonds. The van der Waals surface area contributed by atoms with Gasteiger partial charge in [0.1, 0.15) is 11.3 Å². The van der Waals surface area contributed by atoms with Gasteiger partial charge in [-0.25, -0.2) is 9.18 Å². The SMILES string of the molecule is COc1c(C=O)cc(/C=C/C(=O)O)c2cc(Cc3ccc(F)cc3)cnc12. The smallest absolute Gasteiger partial charge is 0.328 e. The van der Waals surface area contributed by atoms with Crippen LogP contribution >= 0.6 is 0 Å². The fraction of sp³-hybridized carbons (Fsp3) is 0.0952. The summed E-state index contributed by atoms with van der Waals surface area (Å²) in [5.74, 6) is -1.06. The summed E-state index contributed by atoms with van der Waals surface area (Å²) in [6, 6.07) is 9.61. The summed E-state index contributed by atoms with van der Waals surface area (Å²) in [7, 11) is 1.45. The van der Waals surface area contributed by atoms with E-state index in [1.165, 1.54) is 25.3 Å². The first-order valence-electron chi connectivity index (χ1n) is 8.12. The largest absolute Gasteiger partial charge is 0.494 e. The maximum atomic E-state index is 13.1. The topological polar surface area (TPSA) is 76.5 Å². The first-order valence-corrected chi connectivity index (χ1v) is 8.12. The highest BCUT2D eigenvalue weighted by molar-refractivity contribution is 6.00. The molecule has 1 aromatic heterocycles. The number of aldehydes is 1. The number of rotatable bonds is 6. The second kappa shape index (κ2) is 7.78. The van der Waals surface area contributed by atoms with Gasteiger partial charge in [-0.05, 0) is 53.5 Å². The Hall–Kier alpha value is -3.54. The van der Waals surface area contributed by atoms with Crippen molar-refractivity contribution in [2.75, 3.05) is 7.11 Å². The molecule has 0 bridgehead atoms. The first-order chi connectivity index (χ1) is 13.0. The van der Waals surface area contributed by atoms with Crippen molar-refractivity contribution >= 4 is 29.2 Å². The molecule has 136 valence electrons. The minimum Gasteiger partial charge on any atom is -0.494 e. The first kappa shape index (κ1) is 18.3. The second-order valence-electron chi connectivity index (χ2n) is 5.92. The molecule has 5 nitrogen and oxygen atoms in total. The lowest BCUT2D eigenvalue weighted by atomic mass is 9.99. The maximum Gasteiger partial charge on any atom is 0.328 e. The standard InChI is InChI=1S/C21H16FNO4/c1-27-21-16(12-24)10-15(4-7-19(25)26)18-9-14(11-23-20(18)21)8-13-2-5-17(22)6-3-13/h2-7,9-12H,8H2,1H3,(H,25,26)/b7-4+. The van der Waals surface area contributed by atoms with Crippen LogP contribution in [0.3, 0.4) is 0 Å². The summed E-state index contributed by atoms with van der Waals surface area (Å²) in [5.41, 5.74) is 3.07. The highest BCUT2D eigenvalue weighted by Gasteiger charge is 2.14. The van der Waals surface area contributed by atoms with E-state index in [1.807, 2.05) is 6.07 Å². The van der Waals surface area contributed by atoms with Gasteiger partial charge in [0.15, 0.2) is 12.0 Å². The van der Waals surface area contributed by atoms with Crippen LogP contribution < -0.4 is 4.74 Å². The Morgan fingerprint density at radius 1 is 1.19 bits per heavy atom. The van der Waals surface area contributed by atoms with E-state index in [9.17, 15) is 14.0 Å². The van der Waals surface area contributed by atoms with E-state index >= 15 is 0 Å². The predicted molar refractivity (Wildman–Crippen MR) is 99.6 cm³/mol. The Morgan fingerprint density at radius 3 is 2.56 bits per heavy atom. The average molecular weight is 365 g/mol. The van der Waals surface area contributed by atoms with E-state index in [4.69, 9.17) is 9.84 Å².